The summed E-state index contributed by atoms with van der Waals surface area (Å²) in [5.74, 6) is 0.822. The van der Waals surface area contributed by atoms with Crippen LogP contribution < -0.4 is 0 Å². The molecule has 0 aromatic carbocycles. The predicted octanol–water partition coefficient (Wildman–Crippen LogP) is 4.95. The lowest BCUT2D eigenvalue weighted by molar-refractivity contribution is 0.274. The highest BCUT2D eigenvalue weighted by Gasteiger charge is 2.33. The topological polar surface area (TPSA) is 0 Å². The maximum atomic E-state index is 2.54. The minimum atomic E-state index is 0.563. The maximum absolute atomic E-state index is 2.54. The van der Waals surface area contributed by atoms with Crippen LogP contribution in [0.5, 0.6) is 0 Å². The molecule has 0 saturated heterocycles. The number of hydrogen-bond acceptors (Lipinski definition) is 0. The molecular formula is C14H26. The minimum Gasteiger partial charge on any atom is -0.0880 e. The molecule has 0 amide bonds. The van der Waals surface area contributed by atoms with Crippen LogP contribution >= 0.6 is 0 Å². The number of allylic oxidation sites excluding steroid dienone is 2. The van der Waals surface area contributed by atoms with E-state index in [-0.39, 0.29) is 0 Å². The normalized spacial score (nSPS) is 21.1. The fraction of sp³-hybridized carbons (Fsp3) is 0.857. The summed E-state index contributed by atoms with van der Waals surface area (Å²) in [6.45, 7) is 7.03. The molecule has 0 radical (unpaired) electrons. The van der Waals surface area contributed by atoms with Crippen molar-refractivity contribution in [1.29, 1.82) is 0 Å². The molecule has 1 saturated carbocycles. The molecule has 0 spiro atoms. The van der Waals surface area contributed by atoms with Crippen molar-refractivity contribution in [3.8, 4) is 0 Å². The Kier molecular flexibility index (Phi) is 4.71. The van der Waals surface area contributed by atoms with Crippen molar-refractivity contribution in [3.63, 3.8) is 0 Å². The summed E-state index contributed by atoms with van der Waals surface area (Å²) < 4.78 is 0. The van der Waals surface area contributed by atoms with Crippen LogP contribution in [0.25, 0.3) is 0 Å². The molecule has 1 aliphatic rings. The molecule has 1 aliphatic carbocycles. The largest absolute Gasteiger partial charge is 0.0880 e. The van der Waals surface area contributed by atoms with E-state index in [4.69, 9.17) is 0 Å². The number of hydrogen-bond donors (Lipinski definition) is 0. The van der Waals surface area contributed by atoms with E-state index in [2.05, 4.69) is 32.9 Å². The van der Waals surface area contributed by atoms with Gasteiger partial charge in [0.05, 0.1) is 0 Å². The van der Waals surface area contributed by atoms with Gasteiger partial charge in [0, 0.05) is 0 Å². The standard InChI is InChI=1S/C14H26/c1-4-5-6-7-10-14(13(2)3)11-8-9-12-14/h7,10,13H,4-6,8-9,11-12H2,1-3H3. The highest BCUT2D eigenvalue weighted by molar-refractivity contribution is 5.04. The van der Waals surface area contributed by atoms with Crippen molar-refractivity contribution in [2.45, 2.75) is 65.7 Å². The van der Waals surface area contributed by atoms with Gasteiger partial charge in [-0.05, 0) is 30.6 Å². The average Bonchev–Trinajstić information content (AvgIpc) is 2.62. The molecule has 0 atom stereocenters. The Morgan fingerprint density at radius 3 is 2.36 bits per heavy atom. The maximum Gasteiger partial charge on any atom is -0.00952 e. The van der Waals surface area contributed by atoms with Gasteiger partial charge in [0.15, 0.2) is 0 Å². The van der Waals surface area contributed by atoms with Gasteiger partial charge in [0.2, 0.25) is 0 Å². The zero-order valence-electron chi connectivity index (χ0n) is 10.2. The van der Waals surface area contributed by atoms with E-state index < -0.39 is 0 Å². The molecule has 0 aromatic rings. The highest BCUT2D eigenvalue weighted by Crippen LogP contribution is 2.45. The minimum absolute atomic E-state index is 0.563. The molecule has 0 heteroatoms. The van der Waals surface area contributed by atoms with Crippen molar-refractivity contribution in [2.75, 3.05) is 0 Å². The van der Waals surface area contributed by atoms with Crippen molar-refractivity contribution >= 4 is 0 Å². The third-order valence-corrected chi connectivity index (χ3v) is 3.86. The van der Waals surface area contributed by atoms with Crippen LogP contribution in [0.3, 0.4) is 0 Å². The first-order chi connectivity index (χ1) is 6.71. The van der Waals surface area contributed by atoms with Gasteiger partial charge < -0.3 is 0 Å². The molecule has 82 valence electrons. The molecule has 1 fully saturated rings. The van der Waals surface area contributed by atoms with E-state index in [0.29, 0.717) is 5.41 Å². The lowest BCUT2D eigenvalue weighted by atomic mass is 9.75. The van der Waals surface area contributed by atoms with Gasteiger partial charge in [-0.15, -0.1) is 0 Å². The first-order valence-electron chi connectivity index (χ1n) is 6.39. The molecule has 0 heterocycles. The summed E-state index contributed by atoms with van der Waals surface area (Å²) in [6, 6.07) is 0. The summed E-state index contributed by atoms with van der Waals surface area (Å²) in [5, 5.41) is 0. The second kappa shape index (κ2) is 5.58. The molecular weight excluding hydrogens is 168 g/mol. The summed E-state index contributed by atoms with van der Waals surface area (Å²) in [4.78, 5) is 0. The van der Waals surface area contributed by atoms with Gasteiger partial charge in [-0.25, -0.2) is 0 Å². The van der Waals surface area contributed by atoms with Crippen molar-refractivity contribution in [2.24, 2.45) is 11.3 Å². The molecule has 0 aliphatic heterocycles. The van der Waals surface area contributed by atoms with Gasteiger partial charge in [0.1, 0.15) is 0 Å². The SMILES string of the molecule is CCCCC=CC1(C(C)C)CCCC1. The predicted molar refractivity (Wildman–Crippen MR) is 64.4 cm³/mol. The van der Waals surface area contributed by atoms with Gasteiger partial charge >= 0.3 is 0 Å². The van der Waals surface area contributed by atoms with Crippen LogP contribution in [0.15, 0.2) is 12.2 Å². The fourth-order valence-electron chi connectivity index (χ4n) is 2.61. The summed E-state index contributed by atoms with van der Waals surface area (Å²) in [6.07, 6.45) is 14.7. The van der Waals surface area contributed by atoms with Gasteiger partial charge in [-0.2, -0.15) is 0 Å². The summed E-state index contributed by atoms with van der Waals surface area (Å²) in [5.41, 5.74) is 0.563. The molecule has 0 bridgehead atoms. The van der Waals surface area contributed by atoms with Gasteiger partial charge in [-0.3, -0.25) is 0 Å². The Bertz CT molecular complexity index is 170. The van der Waals surface area contributed by atoms with Crippen molar-refractivity contribution in [3.05, 3.63) is 12.2 Å². The monoisotopic (exact) mass is 194 g/mol. The first-order valence-corrected chi connectivity index (χ1v) is 6.39. The van der Waals surface area contributed by atoms with Gasteiger partial charge in [-0.1, -0.05) is 58.6 Å². The van der Waals surface area contributed by atoms with Crippen LogP contribution in [-0.2, 0) is 0 Å². The molecule has 0 unspecified atom stereocenters. The van der Waals surface area contributed by atoms with Crippen LogP contribution in [0.2, 0.25) is 0 Å². The third kappa shape index (κ3) is 2.87. The highest BCUT2D eigenvalue weighted by atomic mass is 14.4. The Balaban J connectivity index is 2.47. The smallest absolute Gasteiger partial charge is 0.00952 e. The zero-order valence-corrected chi connectivity index (χ0v) is 10.2. The second-order valence-corrected chi connectivity index (χ2v) is 5.14. The second-order valence-electron chi connectivity index (χ2n) is 5.14. The van der Waals surface area contributed by atoms with E-state index in [0.717, 1.165) is 5.92 Å². The Morgan fingerprint density at radius 1 is 1.21 bits per heavy atom. The third-order valence-electron chi connectivity index (χ3n) is 3.86. The Labute approximate surface area is 89.8 Å². The van der Waals surface area contributed by atoms with Crippen molar-refractivity contribution in [1.82, 2.24) is 0 Å². The average molecular weight is 194 g/mol. The van der Waals surface area contributed by atoms with E-state index in [9.17, 15) is 0 Å². The Hall–Kier alpha value is -0.260. The zero-order chi connectivity index (χ0) is 10.4. The van der Waals surface area contributed by atoms with E-state index in [1.54, 1.807) is 0 Å². The summed E-state index contributed by atoms with van der Waals surface area (Å²) in [7, 11) is 0. The summed E-state index contributed by atoms with van der Waals surface area (Å²) >= 11 is 0. The van der Waals surface area contributed by atoms with Gasteiger partial charge in [0.25, 0.3) is 0 Å². The molecule has 14 heavy (non-hydrogen) atoms. The molecule has 0 aromatic heterocycles. The quantitative estimate of drug-likeness (QED) is 0.429. The van der Waals surface area contributed by atoms with Crippen molar-refractivity contribution < 1.29 is 0 Å². The number of unbranched alkanes of at least 4 members (excludes halogenated alkanes) is 2. The molecule has 0 N–H and O–H groups in total. The lowest BCUT2D eigenvalue weighted by Gasteiger charge is -2.30. The van der Waals surface area contributed by atoms with Crippen LogP contribution in [-0.4, -0.2) is 0 Å². The van der Waals surface area contributed by atoms with E-state index in [1.165, 1.54) is 44.9 Å². The van der Waals surface area contributed by atoms with Crippen LogP contribution in [0.1, 0.15) is 65.7 Å². The molecule has 1 rings (SSSR count). The number of rotatable bonds is 5. The fourth-order valence-corrected chi connectivity index (χ4v) is 2.61. The van der Waals surface area contributed by atoms with E-state index in [1.807, 2.05) is 0 Å². The Morgan fingerprint density at radius 2 is 1.86 bits per heavy atom. The first kappa shape index (κ1) is 11.8. The molecule has 0 nitrogen and oxygen atoms in total. The van der Waals surface area contributed by atoms with Crippen LogP contribution in [0.4, 0.5) is 0 Å². The van der Waals surface area contributed by atoms with Crippen LogP contribution in [0, 0.1) is 11.3 Å². The lowest BCUT2D eigenvalue weighted by Crippen LogP contribution is -2.20. The van der Waals surface area contributed by atoms with E-state index >= 15 is 0 Å².